The SMILES string of the molecule is O=C1C/C(=C\c2cnn3c(NC4CC4)cc(Nc4ccccc4C(F)(F)F)nc23)C(=O)N1. The molecule has 164 valence electrons. The summed E-state index contributed by atoms with van der Waals surface area (Å²) in [6.07, 6.45) is 0.381. The molecule has 2 amide bonds. The van der Waals surface area contributed by atoms with Crippen LogP contribution >= 0.6 is 0 Å². The summed E-state index contributed by atoms with van der Waals surface area (Å²) in [5.41, 5.74) is 0.132. The van der Waals surface area contributed by atoms with Crippen LogP contribution in [-0.4, -0.2) is 32.5 Å². The minimum absolute atomic E-state index is 0.0553. The summed E-state index contributed by atoms with van der Waals surface area (Å²) in [6.45, 7) is 0. The second-order valence-corrected chi connectivity index (χ2v) is 7.67. The molecule has 0 atom stereocenters. The quantitative estimate of drug-likeness (QED) is 0.413. The van der Waals surface area contributed by atoms with Crippen molar-refractivity contribution < 1.29 is 22.8 Å². The standard InChI is InChI=1S/C21H17F3N6O2/c22-21(23,24)14-3-1-2-4-15(14)27-16-9-17(26-13-5-6-13)30-19(28-16)12(10-25-30)7-11-8-18(31)29-20(11)32/h1-4,7,9-10,13,26H,5-6,8H2,(H,27,28)(H,29,31,32)/b11-7+. The number of aromatic nitrogens is 3. The minimum atomic E-state index is -4.53. The van der Waals surface area contributed by atoms with Gasteiger partial charge in [0.15, 0.2) is 5.65 Å². The lowest BCUT2D eigenvalue weighted by Gasteiger charge is -2.15. The first-order valence-corrected chi connectivity index (χ1v) is 9.91. The van der Waals surface area contributed by atoms with Crippen LogP contribution in [0.1, 0.15) is 30.4 Å². The van der Waals surface area contributed by atoms with Crippen LogP contribution in [0.5, 0.6) is 0 Å². The summed E-state index contributed by atoms with van der Waals surface area (Å²) in [5.74, 6) is -0.141. The number of carbonyl (C=O) groups excluding carboxylic acids is 2. The fraction of sp³-hybridized carbons (Fsp3) is 0.238. The van der Waals surface area contributed by atoms with Gasteiger partial charge in [0, 0.05) is 23.2 Å². The third-order valence-electron chi connectivity index (χ3n) is 5.15. The molecule has 32 heavy (non-hydrogen) atoms. The van der Waals surface area contributed by atoms with Crippen molar-refractivity contribution in [1.82, 2.24) is 19.9 Å². The molecule has 1 aliphatic carbocycles. The van der Waals surface area contributed by atoms with Crippen LogP contribution in [0, 0.1) is 0 Å². The van der Waals surface area contributed by atoms with Gasteiger partial charge in [-0.2, -0.15) is 22.8 Å². The predicted octanol–water partition coefficient (Wildman–Crippen LogP) is 3.50. The van der Waals surface area contributed by atoms with Crippen molar-refractivity contribution in [2.45, 2.75) is 31.5 Å². The number of anilines is 3. The molecule has 1 aliphatic heterocycles. The zero-order chi connectivity index (χ0) is 22.5. The largest absolute Gasteiger partial charge is 0.418 e. The Balaban J connectivity index is 1.59. The number of hydrogen-bond donors (Lipinski definition) is 3. The molecular weight excluding hydrogens is 425 g/mol. The van der Waals surface area contributed by atoms with Crippen LogP contribution < -0.4 is 16.0 Å². The average Bonchev–Trinajstić information content (AvgIpc) is 3.36. The summed E-state index contributed by atoms with van der Waals surface area (Å²) in [6, 6.07) is 6.99. The molecule has 5 rings (SSSR count). The Kier molecular flexibility index (Phi) is 4.61. The zero-order valence-corrected chi connectivity index (χ0v) is 16.5. The van der Waals surface area contributed by atoms with Crippen molar-refractivity contribution in [3.63, 3.8) is 0 Å². The molecule has 8 nitrogen and oxygen atoms in total. The summed E-state index contributed by atoms with van der Waals surface area (Å²) in [5, 5.41) is 12.6. The van der Waals surface area contributed by atoms with Crippen LogP contribution in [0.3, 0.4) is 0 Å². The fourth-order valence-electron chi connectivity index (χ4n) is 3.47. The highest BCUT2D eigenvalue weighted by atomic mass is 19.4. The fourth-order valence-corrected chi connectivity index (χ4v) is 3.47. The van der Waals surface area contributed by atoms with E-state index < -0.39 is 23.6 Å². The number of hydrogen-bond acceptors (Lipinski definition) is 6. The van der Waals surface area contributed by atoms with E-state index in [4.69, 9.17) is 0 Å². The number of fused-ring (bicyclic) bond motifs is 1. The van der Waals surface area contributed by atoms with Gasteiger partial charge < -0.3 is 10.6 Å². The lowest BCUT2D eigenvalue weighted by Crippen LogP contribution is -2.19. The number of rotatable bonds is 5. The van der Waals surface area contributed by atoms with Gasteiger partial charge in [-0.05, 0) is 31.1 Å². The molecule has 1 saturated carbocycles. The molecule has 11 heteroatoms. The van der Waals surface area contributed by atoms with Crippen molar-refractivity contribution in [3.8, 4) is 0 Å². The number of imide groups is 1. The van der Waals surface area contributed by atoms with Crippen LogP contribution in [0.25, 0.3) is 11.7 Å². The van der Waals surface area contributed by atoms with Gasteiger partial charge in [-0.25, -0.2) is 4.98 Å². The molecular formula is C21H17F3N6O2. The van der Waals surface area contributed by atoms with Gasteiger partial charge in [0.1, 0.15) is 11.6 Å². The van der Waals surface area contributed by atoms with E-state index in [0.29, 0.717) is 17.0 Å². The van der Waals surface area contributed by atoms with Gasteiger partial charge >= 0.3 is 6.18 Å². The number of nitrogens with one attached hydrogen (secondary N) is 3. The number of para-hydroxylation sites is 1. The molecule has 0 spiro atoms. The highest BCUT2D eigenvalue weighted by Gasteiger charge is 2.33. The number of carbonyl (C=O) groups is 2. The summed E-state index contributed by atoms with van der Waals surface area (Å²) < 4.78 is 41.8. The maximum atomic E-state index is 13.4. The summed E-state index contributed by atoms with van der Waals surface area (Å²) >= 11 is 0. The number of halogens is 3. The van der Waals surface area contributed by atoms with Gasteiger partial charge in [0.05, 0.1) is 23.9 Å². The van der Waals surface area contributed by atoms with Gasteiger partial charge in [0.2, 0.25) is 5.91 Å². The third kappa shape index (κ3) is 3.88. The first-order valence-electron chi connectivity index (χ1n) is 9.91. The molecule has 0 radical (unpaired) electrons. The van der Waals surface area contributed by atoms with Crippen LogP contribution in [0.2, 0.25) is 0 Å². The smallest absolute Gasteiger partial charge is 0.367 e. The maximum Gasteiger partial charge on any atom is 0.418 e. The van der Waals surface area contributed by atoms with Crippen molar-refractivity contribution >= 4 is 40.9 Å². The van der Waals surface area contributed by atoms with Crippen LogP contribution in [0.15, 0.2) is 42.1 Å². The highest BCUT2D eigenvalue weighted by molar-refractivity contribution is 6.15. The number of alkyl halides is 3. The first kappa shape index (κ1) is 20.0. The predicted molar refractivity (Wildman–Crippen MR) is 110 cm³/mol. The average molecular weight is 442 g/mol. The van der Waals surface area contributed by atoms with E-state index in [1.54, 1.807) is 6.07 Å². The third-order valence-corrected chi connectivity index (χ3v) is 5.15. The molecule has 3 aromatic rings. The Hall–Kier alpha value is -3.89. The van der Waals surface area contributed by atoms with Gasteiger partial charge in [-0.3, -0.25) is 14.9 Å². The van der Waals surface area contributed by atoms with E-state index in [2.05, 4.69) is 26.0 Å². The van der Waals surface area contributed by atoms with E-state index >= 15 is 0 Å². The lowest BCUT2D eigenvalue weighted by molar-refractivity contribution is -0.137. The Morgan fingerprint density at radius 1 is 1.19 bits per heavy atom. The minimum Gasteiger partial charge on any atom is -0.367 e. The molecule has 1 aromatic carbocycles. The molecule has 2 aliphatic rings. The maximum absolute atomic E-state index is 13.4. The monoisotopic (exact) mass is 442 g/mol. The number of amides is 2. The van der Waals surface area contributed by atoms with Crippen LogP contribution in [0.4, 0.5) is 30.5 Å². The molecule has 2 fully saturated rings. The topological polar surface area (TPSA) is 100 Å². The Morgan fingerprint density at radius 3 is 2.66 bits per heavy atom. The number of benzene rings is 1. The van der Waals surface area contributed by atoms with E-state index in [0.717, 1.165) is 18.9 Å². The van der Waals surface area contributed by atoms with Gasteiger partial charge in [0.25, 0.3) is 5.91 Å². The van der Waals surface area contributed by atoms with Gasteiger partial charge in [-0.15, -0.1) is 0 Å². The van der Waals surface area contributed by atoms with E-state index in [1.165, 1.54) is 35.0 Å². The summed E-state index contributed by atoms with van der Waals surface area (Å²) in [4.78, 5) is 27.9. The van der Waals surface area contributed by atoms with Crippen molar-refractivity contribution in [3.05, 3.63) is 53.2 Å². The second-order valence-electron chi connectivity index (χ2n) is 7.67. The Labute approximate surface area is 179 Å². The molecule has 0 bridgehead atoms. The molecule has 0 unspecified atom stereocenters. The molecule has 3 N–H and O–H groups in total. The van der Waals surface area contributed by atoms with E-state index in [1.807, 2.05) is 0 Å². The highest BCUT2D eigenvalue weighted by Crippen LogP contribution is 2.36. The van der Waals surface area contributed by atoms with Crippen LogP contribution in [-0.2, 0) is 15.8 Å². The zero-order valence-electron chi connectivity index (χ0n) is 16.5. The Morgan fingerprint density at radius 2 is 1.97 bits per heavy atom. The summed E-state index contributed by atoms with van der Waals surface area (Å²) in [7, 11) is 0. The first-order chi connectivity index (χ1) is 15.3. The second kappa shape index (κ2) is 7.36. The lowest BCUT2D eigenvalue weighted by atomic mass is 10.1. The molecule has 3 heterocycles. The van der Waals surface area contributed by atoms with Gasteiger partial charge in [-0.1, -0.05) is 12.1 Å². The van der Waals surface area contributed by atoms with E-state index in [-0.39, 0.29) is 29.5 Å². The normalized spacial score (nSPS) is 17.8. The Bertz CT molecular complexity index is 1280. The number of nitrogens with zero attached hydrogens (tertiary/aromatic N) is 3. The van der Waals surface area contributed by atoms with Crippen molar-refractivity contribution in [2.24, 2.45) is 0 Å². The molecule has 2 aromatic heterocycles. The van der Waals surface area contributed by atoms with Crippen molar-refractivity contribution in [2.75, 3.05) is 10.6 Å². The van der Waals surface area contributed by atoms with E-state index in [9.17, 15) is 22.8 Å². The van der Waals surface area contributed by atoms with Crippen molar-refractivity contribution in [1.29, 1.82) is 0 Å². The molecule has 1 saturated heterocycles.